The van der Waals surface area contributed by atoms with Crippen molar-refractivity contribution in [2.24, 2.45) is 11.5 Å². The van der Waals surface area contributed by atoms with E-state index < -0.39 is 24.0 Å². The summed E-state index contributed by atoms with van der Waals surface area (Å²) in [4.78, 5) is 36.3. The topological polar surface area (TPSA) is 193 Å². The van der Waals surface area contributed by atoms with E-state index >= 15 is 0 Å². The molecule has 53 heavy (non-hydrogen) atoms. The number of carbonyl (C=O) groups excluding carboxylic acids is 2. The van der Waals surface area contributed by atoms with E-state index in [4.69, 9.17) is 42.5 Å². The van der Waals surface area contributed by atoms with Gasteiger partial charge in [0.25, 0.3) is 0 Å². The van der Waals surface area contributed by atoms with Crippen LogP contribution < -0.4 is 26.4 Å². The summed E-state index contributed by atoms with van der Waals surface area (Å²) in [5.41, 5.74) is 14.9. The highest BCUT2D eigenvalue weighted by Gasteiger charge is 2.27. The average Bonchev–Trinajstić information content (AvgIpc) is 3.88. The van der Waals surface area contributed by atoms with E-state index in [0.29, 0.717) is 75.6 Å². The lowest BCUT2D eigenvalue weighted by molar-refractivity contribution is -0.162. The first-order chi connectivity index (χ1) is 25.7. The number of unbranched alkanes of at least 4 members (excludes halogenated alkanes) is 1. The maximum absolute atomic E-state index is 12.6. The van der Waals surface area contributed by atoms with Crippen LogP contribution in [0.15, 0.2) is 58.9 Å². The predicted molar refractivity (Wildman–Crippen MR) is 208 cm³/mol. The zero-order valence-corrected chi connectivity index (χ0v) is 31.7. The number of rotatable bonds is 17. The van der Waals surface area contributed by atoms with Crippen LogP contribution in [0.3, 0.4) is 0 Å². The van der Waals surface area contributed by atoms with Crippen LogP contribution in [-0.2, 0) is 20.1 Å². The number of thiazole rings is 1. The van der Waals surface area contributed by atoms with E-state index in [1.54, 1.807) is 12.1 Å². The first-order valence-electron chi connectivity index (χ1n) is 17.4. The Bertz CT molecular complexity index is 1950. The zero-order valence-electron chi connectivity index (χ0n) is 29.3. The Labute approximate surface area is 322 Å². The molecule has 3 heterocycles. The van der Waals surface area contributed by atoms with Crippen molar-refractivity contribution in [3.63, 3.8) is 0 Å². The highest BCUT2D eigenvalue weighted by molar-refractivity contribution is 7.98. The van der Waals surface area contributed by atoms with Crippen molar-refractivity contribution in [1.82, 2.24) is 15.3 Å². The van der Waals surface area contributed by atoms with Gasteiger partial charge in [-0.25, -0.2) is 19.6 Å². The molecule has 1 aliphatic rings. The van der Waals surface area contributed by atoms with Crippen LogP contribution in [0.2, 0.25) is 5.02 Å². The number of carbonyl (C=O) groups is 2. The molecule has 2 atom stereocenters. The minimum atomic E-state index is -0.911. The molecule has 0 aliphatic carbocycles. The van der Waals surface area contributed by atoms with Crippen molar-refractivity contribution in [1.29, 1.82) is 10.5 Å². The van der Waals surface area contributed by atoms with Gasteiger partial charge in [0.05, 0.1) is 11.3 Å². The van der Waals surface area contributed by atoms with Gasteiger partial charge in [-0.1, -0.05) is 54.0 Å². The van der Waals surface area contributed by atoms with Crippen LogP contribution in [-0.4, -0.2) is 66.8 Å². The van der Waals surface area contributed by atoms with E-state index in [1.807, 2.05) is 41.8 Å². The number of esters is 2. The Kier molecular flexibility index (Phi) is 14.6. The lowest BCUT2D eigenvalue weighted by atomic mass is 9.96. The zero-order chi connectivity index (χ0) is 37.7. The molecule has 1 saturated heterocycles. The predicted octanol–water partition coefficient (Wildman–Crippen LogP) is 6.04. The molecule has 0 unspecified atom stereocenters. The number of aromatic nitrogens is 2. The molecule has 1 aliphatic heterocycles. The average molecular weight is 773 g/mol. The second-order valence-electron chi connectivity index (χ2n) is 12.4. The third kappa shape index (κ3) is 10.5. The van der Waals surface area contributed by atoms with Gasteiger partial charge < -0.3 is 31.2 Å². The molecule has 5 N–H and O–H groups in total. The van der Waals surface area contributed by atoms with E-state index in [9.17, 15) is 20.1 Å². The first kappa shape index (κ1) is 39.7. The number of hydrogen-bond acceptors (Lipinski definition) is 14. The monoisotopic (exact) mass is 772 g/mol. The molecule has 0 radical (unpaired) electrons. The Morgan fingerprint density at radius 3 is 2.38 bits per heavy atom. The van der Waals surface area contributed by atoms with Crippen LogP contribution in [0.5, 0.6) is 5.75 Å². The molecule has 4 aromatic rings. The number of nitriles is 2. The molecule has 1 fully saturated rings. The smallest absolute Gasteiger partial charge is 0.330 e. The van der Waals surface area contributed by atoms with Crippen molar-refractivity contribution < 1.29 is 19.1 Å². The third-order valence-corrected chi connectivity index (χ3v) is 10.7. The van der Waals surface area contributed by atoms with Gasteiger partial charge in [-0.3, -0.25) is 0 Å². The van der Waals surface area contributed by atoms with E-state index in [-0.39, 0.29) is 6.61 Å². The maximum atomic E-state index is 12.6. The molecular formula is C38H41ClN8O4S2. The Morgan fingerprint density at radius 1 is 1.02 bits per heavy atom. The van der Waals surface area contributed by atoms with Gasteiger partial charge in [0.2, 0.25) is 0 Å². The molecule has 276 valence electrons. The molecule has 5 rings (SSSR count). The van der Waals surface area contributed by atoms with Gasteiger partial charge in [0, 0.05) is 46.9 Å². The summed E-state index contributed by atoms with van der Waals surface area (Å²) in [5, 5.41) is 28.1. The number of pyridine rings is 1. The number of nitrogens with two attached hydrogens (primary N) is 2. The molecule has 0 spiro atoms. The molecule has 12 nitrogen and oxygen atoms in total. The molecule has 0 saturated carbocycles. The van der Waals surface area contributed by atoms with Gasteiger partial charge >= 0.3 is 11.9 Å². The molecule has 15 heteroatoms. The Morgan fingerprint density at radius 2 is 1.72 bits per heavy atom. The third-order valence-electron chi connectivity index (χ3n) is 8.48. The van der Waals surface area contributed by atoms with Crippen molar-refractivity contribution in [2.45, 2.75) is 61.9 Å². The molecule has 0 bridgehead atoms. The number of nitrogens with zero attached hydrogens (tertiary/aromatic N) is 5. The van der Waals surface area contributed by atoms with Crippen LogP contribution in [0, 0.1) is 22.7 Å². The van der Waals surface area contributed by atoms with Crippen molar-refractivity contribution in [3.8, 4) is 39.6 Å². The van der Waals surface area contributed by atoms with E-state index in [1.165, 1.54) is 30.0 Å². The van der Waals surface area contributed by atoms with Gasteiger partial charge in [-0.05, 0) is 69.0 Å². The molecule has 2 aromatic heterocycles. The normalized spacial score (nSPS) is 13.6. The molecule has 2 aromatic carbocycles. The van der Waals surface area contributed by atoms with Gasteiger partial charge in [0.1, 0.15) is 58.0 Å². The number of thioether (sulfide) groups is 1. The molecule has 0 amide bonds. The second kappa shape index (κ2) is 19.5. The van der Waals surface area contributed by atoms with E-state index in [0.717, 1.165) is 48.6 Å². The summed E-state index contributed by atoms with van der Waals surface area (Å²) in [5.74, 6) is 0.158. The fraction of sp³-hybridized carbons (Fsp3) is 0.368. The van der Waals surface area contributed by atoms with Crippen LogP contribution in [0.1, 0.15) is 55.8 Å². The summed E-state index contributed by atoms with van der Waals surface area (Å²) in [6.07, 6.45) is 3.85. The van der Waals surface area contributed by atoms with Crippen LogP contribution in [0.25, 0.3) is 21.7 Å². The number of halogens is 1. The Hall–Kier alpha value is -4.54. The van der Waals surface area contributed by atoms with Gasteiger partial charge in [-0.2, -0.15) is 10.5 Å². The first-order valence-corrected chi connectivity index (χ1v) is 19.6. The van der Waals surface area contributed by atoms with Crippen molar-refractivity contribution in [2.75, 3.05) is 37.7 Å². The van der Waals surface area contributed by atoms with Crippen LogP contribution in [0.4, 0.5) is 5.82 Å². The Balaban J connectivity index is 1.32. The standard InChI is InChI=1S/C38H41ClN8O4S2/c1-24(43)37(48)51-38(49)32(6-2-3-15-40)44-16-19-50-29-13-9-25(10-14-29)33-30(20-41)34(47-17-4-5-18-47)46-36(31(33)21-42)53-23-28-22-52-35(45-28)26-7-11-27(39)12-8-26/h7-14,22,24,32,44H,2-6,15-19,23,40,43H2,1H3/t24-,32-/m0/s1. The number of anilines is 1. The second-order valence-corrected chi connectivity index (χ2v) is 14.7. The number of nitrogens with one attached hydrogen (secondary N) is 1. The quantitative estimate of drug-likeness (QED) is 0.0487. The maximum Gasteiger partial charge on any atom is 0.330 e. The minimum absolute atomic E-state index is 0.222. The van der Waals surface area contributed by atoms with E-state index in [2.05, 4.69) is 22.4 Å². The summed E-state index contributed by atoms with van der Waals surface area (Å²) >= 11 is 9.03. The van der Waals surface area contributed by atoms with Gasteiger partial charge in [0.15, 0.2) is 0 Å². The lowest BCUT2D eigenvalue weighted by Crippen LogP contribution is -2.43. The van der Waals surface area contributed by atoms with Crippen molar-refractivity contribution >= 4 is 52.5 Å². The summed E-state index contributed by atoms with van der Waals surface area (Å²) in [7, 11) is 0. The van der Waals surface area contributed by atoms with Crippen molar-refractivity contribution in [3.05, 3.63) is 75.8 Å². The fourth-order valence-electron chi connectivity index (χ4n) is 5.73. The SMILES string of the molecule is C[C@H](N)C(=O)OC(=O)[C@H](CCCCN)NCCOc1ccc(-c2c(C#N)c(SCc3csc(-c4ccc(Cl)cc4)n3)nc(N3CCCC3)c2C#N)cc1. The van der Waals surface area contributed by atoms with Crippen LogP contribution >= 0.6 is 34.7 Å². The summed E-state index contributed by atoms with van der Waals surface area (Å²) in [6, 6.07) is 17.8. The number of ether oxygens (including phenoxy) is 2. The lowest BCUT2D eigenvalue weighted by Gasteiger charge is -2.22. The largest absolute Gasteiger partial charge is 0.492 e. The highest BCUT2D eigenvalue weighted by atomic mass is 35.5. The highest BCUT2D eigenvalue weighted by Crippen LogP contribution is 2.40. The summed E-state index contributed by atoms with van der Waals surface area (Å²) < 4.78 is 10.9. The summed E-state index contributed by atoms with van der Waals surface area (Å²) in [6.45, 7) is 4.03. The number of hydrogen-bond donors (Lipinski definition) is 3. The molecular weight excluding hydrogens is 732 g/mol. The minimum Gasteiger partial charge on any atom is -0.492 e. The van der Waals surface area contributed by atoms with Gasteiger partial charge in [-0.15, -0.1) is 11.3 Å². The number of benzene rings is 2. The fourth-order valence-corrected chi connectivity index (χ4v) is 7.66.